The number of hydrogen-bond donors (Lipinski definition) is 2. The fraction of sp³-hybridized carbons (Fsp3) is 0.304. The number of benzene rings is 2. The number of nitrogens with one attached hydrogen (secondary N) is 1. The van der Waals surface area contributed by atoms with Gasteiger partial charge in [-0.25, -0.2) is 9.97 Å². The zero-order chi connectivity index (χ0) is 19.5. The Labute approximate surface area is 170 Å². The van der Waals surface area contributed by atoms with Crippen molar-refractivity contribution in [1.29, 1.82) is 0 Å². The average molecular weight is 393 g/mol. The average Bonchev–Trinajstić information content (AvgIpc) is 2.68. The van der Waals surface area contributed by atoms with Gasteiger partial charge in [-0.05, 0) is 68.5 Å². The van der Waals surface area contributed by atoms with Crippen LogP contribution in [0.3, 0.4) is 0 Å². The Morgan fingerprint density at radius 2 is 1.89 bits per heavy atom. The molecule has 0 spiro atoms. The molecule has 144 valence electrons. The molecular formula is C23H25ClN4. The summed E-state index contributed by atoms with van der Waals surface area (Å²) < 4.78 is 0. The summed E-state index contributed by atoms with van der Waals surface area (Å²) in [6.45, 7) is 2.09. The summed E-state index contributed by atoms with van der Waals surface area (Å²) in [6.07, 6.45) is 8.32. The Kier molecular flexibility index (Phi) is 5.60. The Morgan fingerprint density at radius 3 is 2.68 bits per heavy atom. The Bertz CT molecular complexity index is 997. The lowest BCUT2D eigenvalue weighted by molar-refractivity contribution is 0.409. The van der Waals surface area contributed by atoms with Crippen LogP contribution in [0.2, 0.25) is 5.02 Å². The summed E-state index contributed by atoms with van der Waals surface area (Å²) in [4.78, 5) is 9.55. The maximum absolute atomic E-state index is 6.17. The SMILES string of the molecule is Cc1ccc2nc(C=Cc3ccc(Cl)cc3)nc(N[C@H]3CCC[C@@H](N)C3)c2c1. The van der Waals surface area contributed by atoms with Crippen molar-refractivity contribution in [3.05, 3.63) is 64.4 Å². The molecule has 0 amide bonds. The van der Waals surface area contributed by atoms with Gasteiger partial charge >= 0.3 is 0 Å². The number of aryl methyl sites for hydroxylation is 1. The molecule has 3 aromatic rings. The van der Waals surface area contributed by atoms with Crippen molar-refractivity contribution in [3.8, 4) is 0 Å². The first-order valence-corrected chi connectivity index (χ1v) is 10.2. The smallest absolute Gasteiger partial charge is 0.154 e. The van der Waals surface area contributed by atoms with Gasteiger partial charge in [0.15, 0.2) is 5.82 Å². The number of nitrogens with two attached hydrogens (primary N) is 1. The van der Waals surface area contributed by atoms with E-state index in [1.54, 1.807) is 0 Å². The summed E-state index contributed by atoms with van der Waals surface area (Å²) in [5, 5.41) is 5.43. The van der Waals surface area contributed by atoms with Gasteiger partial charge in [0.25, 0.3) is 0 Å². The fourth-order valence-corrected chi connectivity index (χ4v) is 3.87. The maximum Gasteiger partial charge on any atom is 0.154 e. The second-order valence-electron chi connectivity index (χ2n) is 7.60. The van der Waals surface area contributed by atoms with Crippen molar-refractivity contribution in [1.82, 2.24) is 9.97 Å². The van der Waals surface area contributed by atoms with Crippen molar-refractivity contribution in [3.63, 3.8) is 0 Å². The van der Waals surface area contributed by atoms with Gasteiger partial charge in [0.1, 0.15) is 5.82 Å². The molecule has 1 heterocycles. The van der Waals surface area contributed by atoms with Gasteiger partial charge in [-0.1, -0.05) is 41.4 Å². The van der Waals surface area contributed by atoms with Crippen LogP contribution in [-0.2, 0) is 0 Å². The molecule has 1 aliphatic carbocycles. The van der Waals surface area contributed by atoms with Gasteiger partial charge in [0.05, 0.1) is 5.52 Å². The summed E-state index contributed by atoms with van der Waals surface area (Å²) in [5.74, 6) is 1.58. The fourth-order valence-electron chi connectivity index (χ4n) is 3.74. The first-order valence-electron chi connectivity index (χ1n) is 9.81. The van der Waals surface area contributed by atoms with Crippen molar-refractivity contribution in [2.75, 3.05) is 5.32 Å². The molecular weight excluding hydrogens is 368 g/mol. The van der Waals surface area contributed by atoms with Crippen LogP contribution in [0, 0.1) is 6.92 Å². The highest BCUT2D eigenvalue weighted by molar-refractivity contribution is 6.30. The molecule has 2 atom stereocenters. The van der Waals surface area contributed by atoms with E-state index in [2.05, 4.69) is 30.4 Å². The number of anilines is 1. The molecule has 4 rings (SSSR count). The van der Waals surface area contributed by atoms with Crippen molar-refractivity contribution < 1.29 is 0 Å². The molecule has 2 aromatic carbocycles. The molecule has 0 unspecified atom stereocenters. The van der Waals surface area contributed by atoms with E-state index in [1.165, 1.54) is 5.56 Å². The Morgan fingerprint density at radius 1 is 1.07 bits per heavy atom. The molecule has 0 radical (unpaired) electrons. The van der Waals surface area contributed by atoms with E-state index in [0.717, 1.165) is 53.0 Å². The predicted octanol–water partition coefficient (Wildman–Crippen LogP) is 5.44. The standard InChI is InChI=1S/C23H25ClN4/c1-15-5-11-21-20(13-15)23(26-19-4-2-3-18(25)14-19)28-22(27-21)12-8-16-6-9-17(24)10-7-16/h5-13,18-19H,2-4,14,25H2,1H3,(H,26,27,28)/t18-,19+/m1/s1. The highest BCUT2D eigenvalue weighted by Crippen LogP contribution is 2.26. The summed E-state index contributed by atoms with van der Waals surface area (Å²) >= 11 is 5.96. The number of rotatable bonds is 4. The highest BCUT2D eigenvalue weighted by atomic mass is 35.5. The molecule has 1 aromatic heterocycles. The molecule has 28 heavy (non-hydrogen) atoms. The van der Waals surface area contributed by atoms with E-state index in [9.17, 15) is 0 Å². The van der Waals surface area contributed by atoms with Crippen LogP contribution >= 0.6 is 11.6 Å². The number of hydrogen-bond acceptors (Lipinski definition) is 4. The molecule has 5 heteroatoms. The zero-order valence-electron chi connectivity index (χ0n) is 16.0. The van der Waals surface area contributed by atoms with Gasteiger partial charge < -0.3 is 11.1 Å². The summed E-state index contributed by atoms with van der Waals surface area (Å²) in [6, 6.07) is 14.6. The van der Waals surface area contributed by atoms with Gasteiger partial charge in [0.2, 0.25) is 0 Å². The zero-order valence-corrected chi connectivity index (χ0v) is 16.8. The third kappa shape index (κ3) is 4.51. The van der Waals surface area contributed by atoms with Crippen molar-refractivity contribution >= 4 is 40.5 Å². The van der Waals surface area contributed by atoms with Gasteiger partial charge in [0, 0.05) is 22.5 Å². The van der Waals surface area contributed by atoms with E-state index in [1.807, 2.05) is 36.4 Å². The second-order valence-corrected chi connectivity index (χ2v) is 8.04. The highest BCUT2D eigenvalue weighted by Gasteiger charge is 2.20. The third-order valence-electron chi connectivity index (χ3n) is 5.22. The van der Waals surface area contributed by atoms with Crippen LogP contribution in [-0.4, -0.2) is 22.1 Å². The van der Waals surface area contributed by atoms with Crippen LogP contribution in [0.1, 0.15) is 42.6 Å². The Balaban J connectivity index is 1.67. The lowest BCUT2D eigenvalue weighted by Gasteiger charge is -2.28. The second kappa shape index (κ2) is 8.29. The van der Waals surface area contributed by atoms with Crippen LogP contribution in [0.15, 0.2) is 42.5 Å². The van der Waals surface area contributed by atoms with Crippen LogP contribution in [0.25, 0.3) is 23.1 Å². The quantitative estimate of drug-likeness (QED) is 0.620. The molecule has 1 saturated carbocycles. The maximum atomic E-state index is 6.17. The number of fused-ring (bicyclic) bond motifs is 1. The van der Waals surface area contributed by atoms with E-state index < -0.39 is 0 Å². The molecule has 1 fully saturated rings. The van der Waals surface area contributed by atoms with E-state index in [-0.39, 0.29) is 6.04 Å². The minimum absolute atomic E-state index is 0.269. The monoisotopic (exact) mass is 392 g/mol. The number of aromatic nitrogens is 2. The van der Waals surface area contributed by atoms with Crippen molar-refractivity contribution in [2.45, 2.75) is 44.7 Å². The third-order valence-corrected chi connectivity index (χ3v) is 5.47. The summed E-state index contributed by atoms with van der Waals surface area (Å²) in [7, 11) is 0. The molecule has 1 aliphatic rings. The van der Waals surface area contributed by atoms with Crippen molar-refractivity contribution in [2.24, 2.45) is 5.73 Å². The number of halogens is 1. The normalized spacial score (nSPS) is 20.0. The first kappa shape index (κ1) is 18.9. The molecule has 3 N–H and O–H groups in total. The lowest BCUT2D eigenvalue weighted by Crippen LogP contribution is -2.35. The van der Waals surface area contributed by atoms with Gasteiger partial charge in [-0.15, -0.1) is 0 Å². The molecule has 0 aliphatic heterocycles. The predicted molar refractivity (Wildman–Crippen MR) is 119 cm³/mol. The van der Waals surface area contributed by atoms with Crippen LogP contribution in [0.5, 0.6) is 0 Å². The van der Waals surface area contributed by atoms with Crippen LogP contribution < -0.4 is 11.1 Å². The minimum atomic E-state index is 0.269. The van der Waals surface area contributed by atoms with E-state index in [4.69, 9.17) is 27.3 Å². The minimum Gasteiger partial charge on any atom is -0.367 e. The molecule has 4 nitrogen and oxygen atoms in total. The first-order chi connectivity index (χ1) is 13.6. The molecule has 0 bridgehead atoms. The van der Waals surface area contributed by atoms with Gasteiger partial charge in [-0.3, -0.25) is 0 Å². The Hall–Kier alpha value is -2.43. The van der Waals surface area contributed by atoms with E-state index in [0.29, 0.717) is 11.9 Å². The van der Waals surface area contributed by atoms with Gasteiger partial charge in [-0.2, -0.15) is 0 Å². The lowest BCUT2D eigenvalue weighted by atomic mass is 9.91. The topological polar surface area (TPSA) is 63.8 Å². The molecule has 0 saturated heterocycles. The largest absolute Gasteiger partial charge is 0.367 e. The van der Waals surface area contributed by atoms with Crippen LogP contribution in [0.4, 0.5) is 5.82 Å². The summed E-state index contributed by atoms with van der Waals surface area (Å²) in [5.41, 5.74) is 9.38. The number of nitrogens with zero attached hydrogens (tertiary/aromatic N) is 2. The van der Waals surface area contributed by atoms with E-state index >= 15 is 0 Å².